The molecule has 0 unspecified atom stereocenters. The molecule has 0 saturated carbocycles. The molecule has 0 bridgehead atoms. The second-order valence-corrected chi connectivity index (χ2v) is 4.70. The summed E-state index contributed by atoms with van der Waals surface area (Å²) in [5.74, 6) is 2.02. The molecule has 0 radical (unpaired) electrons. The fourth-order valence-corrected chi connectivity index (χ4v) is 1.62. The number of thiol groups is 1. The van der Waals surface area contributed by atoms with Gasteiger partial charge in [-0.25, -0.2) is 0 Å². The standard InChI is InChI=1S/C5H14N2S3/c1-9-10-5-3-7-6-2-4-8/h6-8H,2-5H2,1H3. The smallest absolute Gasteiger partial charge is 0.0199 e. The van der Waals surface area contributed by atoms with Crippen molar-refractivity contribution in [1.29, 1.82) is 0 Å². The van der Waals surface area contributed by atoms with Gasteiger partial charge in [0.05, 0.1) is 0 Å². The first-order valence-electron chi connectivity index (χ1n) is 3.14. The van der Waals surface area contributed by atoms with Gasteiger partial charge in [-0.2, -0.15) is 12.6 Å². The Balaban J connectivity index is 2.65. The van der Waals surface area contributed by atoms with Crippen LogP contribution in [-0.4, -0.2) is 30.9 Å². The molecule has 0 aliphatic rings. The minimum Gasteiger partial charge on any atom is -0.257 e. The van der Waals surface area contributed by atoms with Crippen LogP contribution in [0.2, 0.25) is 0 Å². The second kappa shape index (κ2) is 9.97. The van der Waals surface area contributed by atoms with Crippen LogP contribution < -0.4 is 10.9 Å². The van der Waals surface area contributed by atoms with Gasteiger partial charge in [0.2, 0.25) is 0 Å². The van der Waals surface area contributed by atoms with Crippen molar-refractivity contribution in [3.05, 3.63) is 0 Å². The van der Waals surface area contributed by atoms with Crippen LogP contribution in [0.1, 0.15) is 0 Å². The van der Waals surface area contributed by atoms with Gasteiger partial charge in [-0.1, -0.05) is 21.6 Å². The largest absolute Gasteiger partial charge is 0.257 e. The Hall–Kier alpha value is 0.970. The molecule has 0 saturated heterocycles. The van der Waals surface area contributed by atoms with Crippen LogP contribution in [-0.2, 0) is 0 Å². The van der Waals surface area contributed by atoms with Gasteiger partial charge in [-0.15, -0.1) is 0 Å². The Morgan fingerprint density at radius 3 is 2.60 bits per heavy atom. The Morgan fingerprint density at radius 2 is 2.00 bits per heavy atom. The van der Waals surface area contributed by atoms with E-state index in [0.717, 1.165) is 24.6 Å². The molecule has 2 nitrogen and oxygen atoms in total. The Morgan fingerprint density at radius 1 is 1.30 bits per heavy atom. The van der Waals surface area contributed by atoms with Crippen molar-refractivity contribution in [2.45, 2.75) is 0 Å². The Labute approximate surface area is 76.1 Å². The van der Waals surface area contributed by atoms with Crippen LogP contribution in [0.4, 0.5) is 0 Å². The van der Waals surface area contributed by atoms with Crippen LogP contribution in [0.3, 0.4) is 0 Å². The summed E-state index contributed by atoms with van der Waals surface area (Å²) in [6, 6.07) is 0. The molecule has 0 amide bonds. The predicted molar refractivity (Wildman–Crippen MR) is 55.8 cm³/mol. The maximum Gasteiger partial charge on any atom is 0.0199 e. The van der Waals surface area contributed by atoms with Crippen molar-refractivity contribution >= 4 is 34.2 Å². The summed E-state index contributed by atoms with van der Waals surface area (Å²) in [6.45, 7) is 1.94. The monoisotopic (exact) mass is 198 g/mol. The zero-order chi connectivity index (χ0) is 7.66. The lowest BCUT2D eigenvalue weighted by Gasteiger charge is -2.03. The summed E-state index contributed by atoms with van der Waals surface area (Å²) in [7, 11) is 3.66. The molecule has 62 valence electrons. The summed E-state index contributed by atoms with van der Waals surface area (Å²) < 4.78 is 0. The van der Waals surface area contributed by atoms with Crippen LogP contribution in [0, 0.1) is 0 Å². The molecule has 0 aliphatic carbocycles. The zero-order valence-electron chi connectivity index (χ0n) is 6.09. The highest BCUT2D eigenvalue weighted by Gasteiger charge is 1.84. The lowest BCUT2D eigenvalue weighted by Crippen LogP contribution is -2.34. The number of hydrogen-bond acceptors (Lipinski definition) is 5. The van der Waals surface area contributed by atoms with Crippen molar-refractivity contribution in [1.82, 2.24) is 10.9 Å². The highest BCUT2D eigenvalue weighted by atomic mass is 33.1. The molecule has 0 aliphatic heterocycles. The highest BCUT2D eigenvalue weighted by molar-refractivity contribution is 8.76. The van der Waals surface area contributed by atoms with Gasteiger partial charge in [0, 0.05) is 24.6 Å². The fourth-order valence-electron chi connectivity index (χ4n) is 0.409. The molecule has 0 atom stereocenters. The van der Waals surface area contributed by atoms with Crippen molar-refractivity contribution in [2.24, 2.45) is 0 Å². The van der Waals surface area contributed by atoms with Gasteiger partial charge in [0.15, 0.2) is 0 Å². The van der Waals surface area contributed by atoms with Crippen LogP contribution in [0.5, 0.6) is 0 Å². The Bertz CT molecular complexity index is 54.9. The van der Waals surface area contributed by atoms with Crippen molar-refractivity contribution in [3.8, 4) is 0 Å². The first-order valence-corrected chi connectivity index (χ1v) is 6.50. The number of hydrazine groups is 1. The molecule has 0 aromatic carbocycles. The predicted octanol–water partition coefficient (Wildman–Crippen LogP) is 1.02. The van der Waals surface area contributed by atoms with Gasteiger partial charge in [0.25, 0.3) is 0 Å². The third-order valence-electron chi connectivity index (χ3n) is 0.790. The van der Waals surface area contributed by atoms with E-state index in [2.05, 4.69) is 29.7 Å². The lowest BCUT2D eigenvalue weighted by molar-refractivity contribution is 0.579. The maximum absolute atomic E-state index is 4.05. The molecule has 5 heteroatoms. The van der Waals surface area contributed by atoms with Gasteiger partial charge < -0.3 is 0 Å². The van der Waals surface area contributed by atoms with Gasteiger partial charge in [0.1, 0.15) is 0 Å². The van der Waals surface area contributed by atoms with Crippen molar-refractivity contribution < 1.29 is 0 Å². The molecule has 10 heavy (non-hydrogen) atoms. The number of hydrogen-bond donors (Lipinski definition) is 3. The van der Waals surface area contributed by atoms with E-state index in [1.165, 1.54) is 0 Å². The molecule has 2 N–H and O–H groups in total. The molecule has 0 fully saturated rings. The van der Waals surface area contributed by atoms with E-state index in [1.807, 2.05) is 10.8 Å². The molecule has 0 aromatic rings. The summed E-state index contributed by atoms with van der Waals surface area (Å²) in [6.07, 6.45) is 2.09. The normalized spacial score (nSPS) is 10.2. The van der Waals surface area contributed by atoms with Gasteiger partial charge >= 0.3 is 0 Å². The van der Waals surface area contributed by atoms with E-state index >= 15 is 0 Å². The summed E-state index contributed by atoms with van der Waals surface area (Å²) in [5.41, 5.74) is 6.13. The molecule has 0 heterocycles. The highest BCUT2D eigenvalue weighted by Crippen LogP contribution is 2.14. The first kappa shape index (κ1) is 11.0. The van der Waals surface area contributed by atoms with Crippen molar-refractivity contribution in [2.75, 3.05) is 30.9 Å². The summed E-state index contributed by atoms with van der Waals surface area (Å²) in [5, 5.41) is 0. The second-order valence-electron chi connectivity index (χ2n) is 1.57. The molecular weight excluding hydrogens is 184 g/mol. The Kier molecular flexibility index (Phi) is 10.9. The van der Waals surface area contributed by atoms with Crippen LogP contribution >= 0.6 is 34.2 Å². The number of rotatable bonds is 7. The molecule has 0 spiro atoms. The van der Waals surface area contributed by atoms with E-state index in [-0.39, 0.29) is 0 Å². The third-order valence-corrected chi connectivity index (χ3v) is 2.83. The fraction of sp³-hybridized carbons (Fsp3) is 1.00. The zero-order valence-corrected chi connectivity index (χ0v) is 8.62. The van der Waals surface area contributed by atoms with Crippen LogP contribution in [0.25, 0.3) is 0 Å². The van der Waals surface area contributed by atoms with Gasteiger partial charge in [-0.3, -0.25) is 10.9 Å². The summed E-state index contributed by atoms with van der Waals surface area (Å²) >= 11 is 4.05. The molecular formula is C5H14N2S3. The van der Waals surface area contributed by atoms with Gasteiger partial charge in [-0.05, 0) is 6.26 Å². The maximum atomic E-state index is 4.05. The topological polar surface area (TPSA) is 24.1 Å². The van der Waals surface area contributed by atoms with Crippen LogP contribution in [0.15, 0.2) is 0 Å². The minimum absolute atomic E-state index is 0.878. The van der Waals surface area contributed by atoms with E-state index in [1.54, 1.807) is 10.8 Å². The van der Waals surface area contributed by atoms with E-state index in [4.69, 9.17) is 0 Å². The third kappa shape index (κ3) is 8.97. The lowest BCUT2D eigenvalue weighted by atomic mass is 10.7. The summed E-state index contributed by atoms with van der Waals surface area (Å²) in [4.78, 5) is 0. The average Bonchev–Trinajstić information content (AvgIpc) is 1.97. The van der Waals surface area contributed by atoms with E-state index < -0.39 is 0 Å². The minimum atomic E-state index is 0.878. The first-order chi connectivity index (χ1) is 4.91. The quantitative estimate of drug-likeness (QED) is 0.246. The number of nitrogens with one attached hydrogen (secondary N) is 2. The molecule has 0 rings (SSSR count). The SMILES string of the molecule is CSSCCNNCCS. The van der Waals surface area contributed by atoms with Crippen molar-refractivity contribution in [3.63, 3.8) is 0 Å². The molecule has 0 aromatic heterocycles. The van der Waals surface area contributed by atoms with E-state index in [9.17, 15) is 0 Å². The van der Waals surface area contributed by atoms with E-state index in [0.29, 0.717) is 0 Å². The average molecular weight is 198 g/mol.